The van der Waals surface area contributed by atoms with E-state index in [2.05, 4.69) is 29.0 Å². The topological polar surface area (TPSA) is 61.4 Å². The summed E-state index contributed by atoms with van der Waals surface area (Å²) in [5.74, 6) is 0.342. The van der Waals surface area contributed by atoms with Crippen molar-refractivity contribution in [2.24, 2.45) is 5.41 Å². The number of thiophene rings is 1. The lowest BCUT2D eigenvalue weighted by molar-refractivity contribution is 0.148. The van der Waals surface area contributed by atoms with Crippen molar-refractivity contribution in [1.82, 2.24) is 10.6 Å². The number of urea groups is 1. The molecule has 0 aliphatic heterocycles. The Hall–Kier alpha value is -1.07. The van der Waals surface area contributed by atoms with Crippen LogP contribution in [0.25, 0.3) is 0 Å². The van der Waals surface area contributed by atoms with Gasteiger partial charge >= 0.3 is 6.03 Å². The molecule has 0 radical (unpaired) electrons. The molecule has 0 saturated carbocycles. The Kier molecular flexibility index (Phi) is 7.02. The van der Waals surface area contributed by atoms with Gasteiger partial charge in [0.1, 0.15) is 0 Å². The summed E-state index contributed by atoms with van der Waals surface area (Å²) < 4.78 is 0. The van der Waals surface area contributed by atoms with E-state index in [1.165, 1.54) is 4.88 Å². The second-order valence-corrected chi connectivity index (χ2v) is 6.96. The van der Waals surface area contributed by atoms with E-state index in [4.69, 9.17) is 5.11 Å². The highest BCUT2D eigenvalue weighted by molar-refractivity contribution is 7.10. The molecule has 1 aromatic heterocycles. The monoisotopic (exact) mass is 298 g/mol. The van der Waals surface area contributed by atoms with Crippen molar-refractivity contribution in [3.05, 3.63) is 22.4 Å². The van der Waals surface area contributed by atoms with E-state index < -0.39 is 0 Å². The summed E-state index contributed by atoms with van der Waals surface area (Å²) in [5.41, 5.74) is -0.0636. The van der Waals surface area contributed by atoms with E-state index in [0.717, 1.165) is 12.8 Å². The summed E-state index contributed by atoms with van der Waals surface area (Å²) in [5, 5.41) is 16.9. The van der Waals surface area contributed by atoms with Crippen LogP contribution in [0.2, 0.25) is 0 Å². The first-order chi connectivity index (χ1) is 9.44. The maximum Gasteiger partial charge on any atom is 0.314 e. The van der Waals surface area contributed by atoms with Gasteiger partial charge in [0.2, 0.25) is 0 Å². The Labute approximate surface area is 125 Å². The number of carbonyl (C=O) groups excluding carboxylic acids is 1. The predicted octanol–water partition coefficient (Wildman–Crippen LogP) is 2.95. The lowest BCUT2D eigenvalue weighted by Crippen LogP contribution is -2.38. The summed E-state index contributed by atoms with van der Waals surface area (Å²) in [7, 11) is 0. The Morgan fingerprint density at radius 2 is 2.20 bits per heavy atom. The molecular formula is C15H26N2O2S. The number of carbonyl (C=O) groups is 1. The van der Waals surface area contributed by atoms with E-state index in [9.17, 15) is 4.79 Å². The van der Waals surface area contributed by atoms with E-state index in [1.807, 2.05) is 19.9 Å². The fourth-order valence-corrected chi connectivity index (χ4v) is 2.62. The second kappa shape index (κ2) is 8.27. The van der Waals surface area contributed by atoms with Gasteiger partial charge in [0.05, 0.1) is 0 Å². The van der Waals surface area contributed by atoms with Gasteiger partial charge in [0.25, 0.3) is 0 Å². The second-order valence-electron chi connectivity index (χ2n) is 5.98. The molecule has 0 fully saturated rings. The molecule has 0 aliphatic rings. The molecule has 114 valence electrons. The molecule has 20 heavy (non-hydrogen) atoms. The Bertz CT molecular complexity index is 391. The predicted molar refractivity (Wildman–Crippen MR) is 84.2 cm³/mol. The molecule has 0 saturated heterocycles. The van der Waals surface area contributed by atoms with Gasteiger partial charge in [-0.2, -0.15) is 0 Å². The molecular weight excluding hydrogens is 272 g/mol. The van der Waals surface area contributed by atoms with Crippen molar-refractivity contribution in [2.45, 2.75) is 39.5 Å². The van der Waals surface area contributed by atoms with Gasteiger partial charge in [-0.3, -0.25) is 0 Å². The van der Waals surface area contributed by atoms with Crippen LogP contribution in [0.3, 0.4) is 0 Å². The van der Waals surface area contributed by atoms with Crippen LogP contribution in [0, 0.1) is 5.41 Å². The quantitative estimate of drug-likeness (QED) is 0.646. The number of hydrogen-bond acceptors (Lipinski definition) is 3. The van der Waals surface area contributed by atoms with Crippen molar-refractivity contribution in [3.63, 3.8) is 0 Å². The molecule has 1 aromatic rings. The minimum Gasteiger partial charge on any atom is -0.396 e. The molecule has 0 aromatic carbocycles. The normalized spacial score (nSPS) is 13.0. The highest BCUT2D eigenvalue weighted by Gasteiger charge is 2.15. The minimum absolute atomic E-state index is 0.0636. The van der Waals surface area contributed by atoms with Gasteiger partial charge < -0.3 is 15.7 Å². The first kappa shape index (κ1) is 17.0. The van der Waals surface area contributed by atoms with Crippen molar-refractivity contribution in [2.75, 3.05) is 19.7 Å². The summed E-state index contributed by atoms with van der Waals surface area (Å²) in [6, 6.07) is 4.00. The van der Waals surface area contributed by atoms with Crippen molar-refractivity contribution in [1.29, 1.82) is 0 Å². The van der Waals surface area contributed by atoms with Crippen LogP contribution < -0.4 is 10.6 Å². The lowest BCUT2D eigenvalue weighted by atomic mass is 9.89. The SMILES string of the molecule is CC(CNC(=O)NCCCC(C)(C)CO)c1cccs1. The molecule has 0 spiro atoms. The van der Waals surface area contributed by atoms with Crippen LogP contribution in [0.1, 0.15) is 44.4 Å². The van der Waals surface area contributed by atoms with Gasteiger partial charge in [-0.25, -0.2) is 4.79 Å². The first-order valence-electron chi connectivity index (χ1n) is 7.10. The maximum atomic E-state index is 11.6. The van der Waals surface area contributed by atoms with Crippen molar-refractivity contribution in [3.8, 4) is 0 Å². The van der Waals surface area contributed by atoms with Crippen LogP contribution in [-0.4, -0.2) is 30.8 Å². The summed E-state index contributed by atoms with van der Waals surface area (Å²) in [6.45, 7) is 7.62. The van der Waals surface area contributed by atoms with Gasteiger partial charge in [-0.05, 0) is 29.7 Å². The van der Waals surface area contributed by atoms with Gasteiger partial charge in [-0.1, -0.05) is 26.8 Å². The minimum atomic E-state index is -0.116. The van der Waals surface area contributed by atoms with Crippen LogP contribution in [-0.2, 0) is 0 Å². The molecule has 3 N–H and O–H groups in total. The van der Waals surface area contributed by atoms with Crippen LogP contribution in [0.4, 0.5) is 4.79 Å². The molecule has 1 atom stereocenters. The van der Waals surface area contributed by atoms with E-state index in [-0.39, 0.29) is 18.1 Å². The summed E-state index contributed by atoms with van der Waals surface area (Å²) in [4.78, 5) is 12.9. The third-order valence-electron chi connectivity index (χ3n) is 3.34. The molecule has 5 heteroatoms. The van der Waals surface area contributed by atoms with Gasteiger partial charge in [-0.15, -0.1) is 11.3 Å². The summed E-state index contributed by atoms with van der Waals surface area (Å²) in [6.07, 6.45) is 1.77. The highest BCUT2D eigenvalue weighted by atomic mass is 32.1. The van der Waals surface area contributed by atoms with E-state index in [1.54, 1.807) is 11.3 Å². The van der Waals surface area contributed by atoms with E-state index in [0.29, 0.717) is 19.0 Å². The highest BCUT2D eigenvalue weighted by Crippen LogP contribution is 2.20. The largest absolute Gasteiger partial charge is 0.396 e. The average Bonchev–Trinajstić information content (AvgIpc) is 2.95. The van der Waals surface area contributed by atoms with Crippen molar-refractivity contribution >= 4 is 17.4 Å². The number of rotatable bonds is 8. The van der Waals surface area contributed by atoms with Gasteiger partial charge in [0, 0.05) is 30.5 Å². The zero-order valence-electron chi connectivity index (χ0n) is 12.6. The number of nitrogens with one attached hydrogen (secondary N) is 2. The molecule has 1 heterocycles. The maximum absolute atomic E-state index is 11.6. The number of aliphatic hydroxyl groups is 1. The van der Waals surface area contributed by atoms with E-state index >= 15 is 0 Å². The smallest absolute Gasteiger partial charge is 0.314 e. The number of aliphatic hydroxyl groups excluding tert-OH is 1. The average molecular weight is 298 g/mol. The lowest BCUT2D eigenvalue weighted by Gasteiger charge is -2.21. The number of amides is 2. The molecule has 1 rings (SSSR count). The fraction of sp³-hybridized carbons (Fsp3) is 0.667. The summed E-state index contributed by atoms with van der Waals surface area (Å²) >= 11 is 1.71. The zero-order chi connectivity index (χ0) is 15.0. The molecule has 2 amide bonds. The third kappa shape index (κ3) is 6.39. The van der Waals surface area contributed by atoms with Crippen LogP contribution in [0.5, 0.6) is 0 Å². The van der Waals surface area contributed by atoms with Crippen molar-refractivity contribution < 1.29 is 9.90 Å². The van der Waals surface area contributed by atoms with Crippen LogP contribution >= 0.6 is 11.3 Å². The Balaban J connectivity index is 2.12. The zero-order valence-corrected chi connectivity index (χ0v) is 13.4. The van der Waals surface area contributed by atoms with Crippen LogP contribution in [0.15, 0.2) is 17.5 Å². The fourth-order valence-electron chi connectivity index (χ4n) is 1.83. The molecule has 0 aliphatic carbocycles. The molecule has 1 unspecified atom stereocenters. The standard InChI is InChI=1S/C15H26N2O2S/c1-12(13-6-4-9-20-13)10-17-14(19)16-8-5-7-15(2,3)11-18/h4,6,9,12,18H,5,7-8,10-11H2,1-3H3,(H2,16,17,19). The van der Waals surface area contributed by atoms with Gasteiger partial charge in [0.15, 0.2) is 0 Å². The first-order valence-corrected chi connectivity index (χ1v) is 7.98. The Morgan fingerprint density at radius 3 is 2.80 bits per heavy atom. The number of hydrogen-bond donors (Lipinski definition) is 3. The molecule has 4 nitrogen and oxygen atoms in total. The molecule has 0 bridgehead atoms. The Morgan fingerprint density at radius 1 is 1.45 bits per heavy atom. The third-order valence-corrected chi connectivity index (χ3v) is 4.45.